The standard InChI is InChI=1S/C18H25N5O2/c1-11-17(12(2)22(4)20-11)15-9-10-16(24)23(21-15)13(3)18(25)19-14-7-5-6-8-14/h9-10,13-14H,5-8H2,1-4H3,(H,19,25). The van der Waals surface area contributed by atoms with Crippen molar-refractivity contribution in [2.24, 2.45) is 7.05 Å². The van der Waals surface area contributed by atoms with E-state index in [-0.39, 0.29) is 17.5 Å². The molecular weight excluding hydrogens is 318 g/mol. The summed E-state index contributed by atoms with van der Waals surface area (Å²) in [4.78, 5) is 24.8. The third-order valence-electron chi connectivity index (χ3n) is 5.04. The van der Waals surface area contributed by atoms with Crippen molar-refractivity contribution < 1.29 is 4.79 Å². The van der Waals surface area contributed by atoms with Crippen molar-refractivity contribution in [1.82, 2.24) is 24.9 Å². The van der Waals surface area contributed by atoms with Gasteiger partial charge in [0.2, 0.25) is 5.91 Å². The Balaban J connectivity index is 1.91. The van der Waals surface area contributed by atoms with E-state index < -0.39 is 6.04 Å². The number of aromatic nitrogens is 4. The Kier molecular flexibility index (Phi) is 4.74. The van der Waals surface area contributed by atoms with Gasteiger partial charge in [-0.15, -0.1) is 0 Å². The molecule has 0 radical (unpaired) electrons. The van der Waals surface area contributed by atoms with E-state index in [2.05, 4.69) is 15.5 Å². The van der Waals surface area contributed by atoms with Gasteiger partial charge in [0, 0.05) is 30.4 Å². The van der Waals surface area contributed by atoms with Crippen LogP contribution in [0.5, 0.6) is 0 Å². The first-order valence-corrected chi connectivity index (χ1v) is 8.79. The Bertz CT molecular complexity index is 846. The van der Waals surface area contributed by atoms with E-state index in [4.69, 9.17) is 0 Å². The van der Waals surface area contributed by atoms with E-state index in [1.54, 1.807) is 17.7 Å². The van der Waals surface area contributed by atoms with Gasteiger partial charge in [0.05, 0.1) is 11.4 Å². The lowest BCUT2D eigenvalue weighted by molar-refractivity contribution is -0.124. The molecule has 0 saturated heterocycles. The topological polar surface area (TPSA) is 81.8 Å². The van der Waals surface area contributed by atoms with Crippen molar-refractivity contribution in [2.45, 2.75) is 58.5 Å². The van der Waals surface area contributed by atoms with Crippen molar-refractivity contribution in [2.75, 3.05) is 0 Å². The number of hydrogen-bond acceptors (Lipinski definition) is 4. The highest BCUT2D eigenvalue weighted by molar-refractivity contribution is 5.80. The highest BCUT2D eigenvalue weighted by Gasteiger charge is 2.23. The van der Waals surface area contributed by atoms with E-state index >= 15 is 0 Å². The minimum absolute atomic E-state index is 0.154. The lowest BCUT2D eigenvalue weighted by Crippen LogP contribution is -2.40. The third-order valence-corrected chi connectivity index (χ3v) is 5.04. The minimum Gasteiger partial charge on any atom is -0.352 e. The summed E-state index contributed by atoms with van der Waals surface area (Å²) >= 11 is 0. The lowest BCUT2D eigenvalue weighted by Gasteiger charge is -2.18. The van der Waals surface area contributed by atoms with Crippen LogP contribution in [-0.2, 0) is 11.8 Å². The number of aryl methyl sites for hydroxylation is 2. The second kappa shape index (κ2) is 6.82. The van der Waals surface area contributed by atoms with Crippen LogP contribution in [0, 0.1) is 13.8 Å². The third kappa shape index (κ3) is 3.36. The van der Waals surface area contributed by atoms with Gasteiger partial charge in [-0.3, -0.25) is 14.3 Å². The maximum atomic E-state index is 12.5. The van der Waals surface area contributed by atoms with Crippen molar-refractivity contribution in [3.8, 4) is 11.3 Å². The first kappa shape index (κ1) is 17.4. The number of rotatable bonds is 4. The van der Waals surface area contributed by atoms with Crippen LogP contribution in [0.2, 0.25) is 0 Å². The van der Waals surface area contributed by atoms with Gasteiger partial charge in [0.15, 0.2) is 0 Å². The molecule has 0 aromatic carbocycles. The molecule has 1 fully saturated rings. The van der Waals surface area contributed by atoms with Gasteiger partial charge in [0.25, 0.3) is 5.56 Å². The monoisotopic (exact) mass is 343 g/mol. The fourth-order valence-corrected chi connectivity index (χ4v) is 3.48. The zero-order valence-electron chi connectivity index (χ0n) is 15.2. The molecule has 25 heavy (non-hydrogen) atoms. The van der Waals surface area contributed by atoms with Crippen molar-refractivity contribution in [3.63, 3.8) is 0 Å². The molecule has 0 bridgehead atoms. The Morgan fingerprint density at radius 3 is 2.52 bits per heavy atom. The Morgan fingerprint density at radius 1 is 1.24 bits per heavy atom. The summed E-state index contributed by atoms with van der Waals surface area (Å²) < 4.78 is 3.06. The highest BCUT2D eigenvalue weighted by atomic mass is 16.2. The molecule has 7 heteroatoms. The van der Waals surface area contributed by atoms with Gasteiger partial charge in [0.1, 0.15) is 6.04 Å². The molecule has 0 aliphatic heterocycles. The predicted octanol–water partition coefficient (Wildman–Crippen LogP) is 1.88. The maximum absolute atomic E-state index is 12.5. The molecule has 1 saturated carbocycles. The van der Waals surface area contributed by atoms with Crippen molar-refractivity contribution in [1.29, 1.82) is 0 Å². The minimum atomic E-state index is -0.648. The molecule has 2 aromatic rings. The summed E-state index contributed by atoms with van der Waals surface area (Å²) in [5.74, 6) is -0.154. The zero-order valence-corrected chi connectivity index (χ0v) is 15.2. The predicted molar refractivity (Wildman–Crippen MR) is 95.3 cm³/mol. The summed E-state index contributed by atoms with van der Waals surface area (Å²) in [6.45, 7) is 5.59. The van der Waals surface area contributed by atoms with Crippen molar-refractivity contribution >= 4 is 5.91 Å². The molecule has 134 valence electrons. The van der Waals surface area contributed by atoms with Crippen LogP contribution in [0.1, 0.15) is 50.0 Å². The second-order valence-electron chi connectivity index (χ2n) is 6.84. The first-order chi connectivity index (χ1) is 11.9. The number of nitrogens with zero attached hydrogens (tertiary/aromatic N) is 4. The van der Waals surface area contributed by atoms with Crippen LogP contribution >= 0.6 is 0 Å². The summed E-state index contributed by atoms with van der Waals surface area (Å²) in [5.41, 5.74) is 3.10. The first-order valence-electron chi connectivity index (χ1n) is 8.79. The fourth-order valence-electron chi connectivity index (χ4n) is 3.48. The normalized spacial score (nSPS) is 16.2. The Labute approximate surface area is 147 Å². The van der Waals surface area contributed by atoms with Gasteiger partial charge in [-0.1, -0.05) is 12.8 Å². The molecule has 2 aromatic heterocycles. The lowest BCUT2D eigenvalue weighted by atomic mass is 10.1. The van der Waals surface area contributed by atoms with Gasteiger partial charge in [-0.25, -0.2) is 4.68 Å². The van der Waals surface area contributed by atoms with E-state index in [0.29, 0.717) is 5.69 Å². The van der Waals surface area contributed by atoms with Gasteiger partial charge < -0.3 is 5.32 Å². The quantitative estimate of drug-likeness (QED) is 0.919. The Morgan fingerprint density at radius 2 is 1.92 bits per heavy atom. The number of nitrogens with one attached hydrogen (secondary N) is 1. The van der Waals surface area contributed by atoms with E-state index in [9.17, 15) is 9.59 Å². The van der Waals surface area contributed by atoms with Crippen LogP contribution in [0.3, 0.4) is 0 Å². The molecular formula is C18H25N5O2. The molecule has 3 rings (SSSR count). The number of amides is 1. The molecule has 2 heterocycles. The summed E-state index contributed by atoms with van der Waals surface area (Å²) in [7, 11) is 1.87. The molecule has 1 unspecified atom stereocenters. The van der Waals surface area contributed by atoms with Gasteiger partial charge in [-0.2, -0.15) is 10.2 Å². The molecule has 7 nitrogen and oxygen atoms in total. The summed E-state index contributed by atoms with van der Waals surface area (Å²) in [5, 5.41) is 11.9. The van der Waals surface area contributed by atoms with Crippen LogP contribution < -0.4 is 10.9 Å². The largest absolute Gasteiger partial charge is 0.352 e. The molecule has 1 aliphatic carbocycles. The van der Waals surface area contributed by atoms with Crippen LogP contribution in [0.25, 0.3) is 11.3 Å². The maximum Gasteiger partial charge on any atom is 0.267 e. The zero-order chi connectivity index (χ0) is 18.1. The van der Waals surface area contributed by atoms with Gasteiger partial charge in [-0.05, 0) is 39.7 Å². The fraction of sp³-hybridized carbons (Fsp3) is 0.556. The van der Waals surface area contributed by atoms with E-state index in [1.807, 2.05) is 20.9 Å². The molecule has 1 atom stereocenters. The van der Waals surface area contributed by atoms with Crippen LogP contribution in [0.4, 0.5) is 0 Å². The SMILES string of the molecule is Cc1nn(C)c(C)c1-c1ccc(=O)n(C(C)C(=O)NC2CCCC2)n1. The number of carbonyl (C=O) groups is 1. The average Bonchev–Trinajstić information content (AvgIpc) is 3.16. The Hall–Kier alpha value is -2.44. The molecule has 1 aliphatic rings. The molecule has 1 N–H and O–H groups in total. The average molecular weight is 343 g/mol. The van der Waals surface area contributed by atoms with E-state index in [1.165, 1.54) is 10.7 Å². The smallest absolute Gasteiger partial charge is 0.267 e. The molecule has 1 amide bonds. The van der Waals surface area contributed by atoms with Gasteiger partial charge >= 0.3 is 0 Å². The van der Waals surface area contributed by atoms with Crippen LogP contribution in [0.15, 0.2) is 16.9 Å². The van der Waals surface area contributed by atoms with E-state index in [0.717, 1.165) is 42.6 Å². The number of carbonyl (C=O) groups excluding carboxylic acids is 1. The van der Waals surface area contributed by atoms with Crippen molar-refractivity contribution in [3.05, 3.63) is 33.9 Å². The summed E-state index contributed by atoms with van der Waals surface area (Å²) in [6, 6.07) is 2.73. The summed E-state index contributed by atoms with van der Waals surface area (Å²) in [6.07, 6.45) is 4.31. The van der Waals surface area contributed by atoms with Crippen LogP contribution in [-0.4, -0.2) is 31.5 Å². The second-order valence-corrected chi connectivity index (χ2v) is 6.84. The molecule has 0 spiro atoms. The number of hydrogen-bond donors (Lipinski definition) is 1. The highest BCUT2D eigenvalue weighted by Crippen LogP contribution is 2.24.